The third-order valence-corrected chi connectivity index (χ3v) is 3.47. The molecule has 0 saturated carbocycles. The third kappa shape index (κ3) is 3.80. The van der Waals surface area contributed by atoms with Crippen LogP contribution in [0.25, 0.3) is 0 Å². The minimum atomic E-state index is 0.497. The molecule has 1 aromatic rings. The maximum absolute atomic E-state index is 4.45. The number of pyridine rings is 1. The fraction of sp³-hybridized carbons (Fsp3) is 0.562. The molecule has 0 unspecified atom stereocenters. The average Bonchev–Trinajstić information content (AvgIpc) is 2.37. The van der Waals surface area contributed by atoms with Gasteiger partial charge in [-0.05, 0) is 26.3 Å². The molecule has 0 aliphatic carbocycles. The van der Waals surface area contributed by atoms with Crippen LogP contribution < -0.4 is 10.2 Å². The van der Waals surface area contributed by atoms with Crippen molar-refractivity contribution >= 4 is 5.69 Å². The number of nitrogens with zero attached hydrogens (tertiary/aromatic N) is 2. The highest BCUT2D eigenvalue weighted by Gasteiger charge is 2.15. The molecular weight excluding hydrogens is 234 g/mol. The van der Waals surface area contributed by atoms with Gasteiger partial charge in [-0.25, -0.2) is 0 Å². The lowest BCUT2D eigenvalue weighted by Gasteiger charge is -2.30. The van der Waals surface area contributed by atoms with E-state index in [4.69, 9.17) is 0 Å². The first-order valence-electron chi connectivity index (χ1n) is 7.15. The van der Waals surface area contributed by atoms with Gasteiger partial charge in [0.25, 0.3) is 0 Å². The first-order chi connectivity index (χ1) is 9.06. The zero-order valence-electron chi connectivity index (χ0n) is 12.5. The molecular formula is C16H25N3. The van der Waals surface area contributed by atoms with Crippen LogP contribution in [-0.4, -0.2) is 24.1 Å². The minimum Gasteiger partial charge on any atom is -0.367 e. The fourth-order valence-electron chi connectivity index (χ4n) is 2.44. The highest BCUT2D eigenvalue weighted by Crippen LogP contribution is 2.24. The van der Waals surface area contributed by atoms with Gasteiger partial charge in [0.2, 0.25) is 0 Å². The van der Waals surface area contributed by atoms with Crippen LogP contribution in [0, 0.1) is 6.92 Å². The van der Waals surface area contributed by atoms with E-state index in [2.05, 4.69) is 55.0 Å². The number of rotatable bonds is 4. The van der Waals surface area contributed by atoms with Crippen molar-refractivity contribution in [1.29, 1.82) is 0 Å². The smallest absolute Gasteiger partial charge is 0.0448 e. The van der Waals surface area contributed by atoms with Gasteiger partial charge >= 0.3 is 0 Å². The lowest BCUT2D eigenvalue weighted by molar-refractivity contribution is 0.586. The average molecular weight is 259 g/mol. The molecule has 19 heavy (non-hydrogen) atoms. The Morgan fingerprint density at radius 1 is 1.37 bits per heavy atom. The predicted molar refractivity (Wildman–Crippen MR) is 81.5 cm³/mol. The lowest BCUT2D eigenvalue weighted by atomic mass is 10.1. The summed E-state index contributed by atoms with van der Waals surface area (Å²) < 4.78 is 0. The molecule has 104 valence electrons. The highest BCUT2D eigenvalue weighted by molar-refractivity contribution is 5.55. The summed E-state index contributed by atoms with van der Waals surface area (Å²) in [4.78, 5) is 6.92. The Labute approximate surface area is 116 Å². The number of aromatic nitrogens is 1. The van der Waals surface area contributed by atoms with E-state index in [1.807, 2.05) is 6.20 Å². The molecule has 0 amide bonds. The Balaban J connectivity index is 2.21. The van der Waals surface area contributed by atoms with Gasteiger partial charge in [0.05, 0.1) is 0 Å². The summed E-state index contributed by atoms with van der Waals surface area (Å²) in [6.45, 7) is 11.7. The zero-order chi connectivity index (χ0) is 13.8. The summed E-state index contributed by atoms with van der Waals surface area (Å²) in [6, 6.07) is 2.72. The monoisotopic (exact) mass is 259 g/mol. The molecule has 1 aromatic heterocycles. The molecule has 3 heteroatoms. The molecule has 0 aromatic carbocycles. The van der Waals surface area contributed by atoms with Crippen LogP contribution in [0.2, 0.25) is 0 Å². The molecule has 1 N–H and O–H groups in total. The molecule has 0 spiro atoms. The van der Waals surface area contributed by atoms with Crippen LogP contribution in [0.3, 0.4) is 0 Å². The number of aryl methyl sites for hydroxylation is 1. The van der Waals surface area contributed by atoms with Crippen molar-refractivity contribution in [3.63, 3.8) is 0 Å². The van der Waals surface area contributed by atoms with E-state index in [9.17, 15) is 0 Å². The maximum atomic E-state index is 4.45. The first-order valence-corrected chi connectivity index (χ1v) is 7.15. The third-order valence-electron chi connectivity index (χ3n) is 3.47. The summed E-state index contributed by atoms with van der Waals surface area (Å²) in [5.41, 5.74) is 5.20. The second-order valence-electron chi connectivity index (χ2n) is 5.75. The van der Waals surface area contributed by atoms with E-state index in [1.165, 1.54) is 16.8 Å². The van der Waals surface area contributed by atoms with Crippen molar-refractivity contribution in [2.24, 2.45) is 0 Å². The van der Waals surface area contributed by atoms with Gasteiger partial charge in [0, 0.05) is 48.8 Å². The standard InChI is InChI=1S/C16H25N3/c1-12(2)17-9-15-10-18-14(4)8-16(15)19-7-5-6-13(3)11-19/h6,8,10,12,17H,5,7,9,11H2,1-4H3. The molecule has 0 radical (unpaired) electrons. The summed E-state index contributed by atoms with van der Waals surface area (Å²) in [5.74, 6) is 0. The van der Waals surface area contributed by atoms with Gasteiger partial charge in [-0.1, -0.05) is 25.5 Å². The summed E-state index contributed by atoms with van der Waals surface area (Å²) in [7, 11) is 0. The molecule has 3 nitrogen and oxygen atoms in total. The van der Waals surface area contributed by atoms with Gasteiger partial charge in [-0.3, -0.25) is 4.98 Å². The summed E-state index contributed by atoms with van der Waals surface area (Å²) in [5, 5.41) is 3.49. The first kappa shape index (κ1) is 14.1. The summed E-state index contributed by atoms with van der Waals surface area (Å²) in [6.07, 6.45) is 5.51. The van der Waals surface area contributed by atoms with Crippen molar-refractivity contribution in [2.45, 2.75) is 46.7 Å². The van der Waals surface area contributed by atoms with E-state index in [0.29, 0.717) is 6.04 Å². The molecule has 2 rings (SSSR count). The van der Waals surface area contributed by atoms with Crippen molar-refractivity contribution in [1.82, 2.24) is 10.3 Å². The number of anilines is 1. The minimum absolute atomic E-state index is 0.497. The van der Waals surface area contributed by atoms with Crippen LogP contribution >= 0.6 is 0 Å². The van der Waals surface area contributed by atoms with E-state index >= 15 is 0 Å². The van der Waals surface area contributed by atoms with Crippen molar-refractivity contribution in [3.8, 4) is 0 Å². The van der Waals surface area contributed by atoms with Crippen LogP contribution in [-0.2, 0) is 6.54 Å². The summed E-state index contributed by atoms with van der Waals surface area (Å²) >= 11 is 0. The molecule has 1 aliphatic heterocycles. The van der Waals surface area contributed by atoms with E-state index < -0.39 is 0 Å². The quantitative estimate of drug-likeness (QED) is 0.842. The molecule has 2 heterocycles. The van der Waals surface area contributed by atoms with E-state index in [-0.39, 0.29) is 0 Å². The molecule has 0 saturated heterocycles. The second kappa shape index (κ2) is 6.20. The Morgan fingerprint density at radius 2 is 2.16 bits per heavy atom. The van der Waals surface area contributed by atoms with E-state index in [1.54, 1.807) is 0 Å². The SMILES string of the molecule is CC1=CCCN(c2cc(C)ncc2CNC(C)C)C1. The molecule has 1 aliphatic rings. The fourth-order valence-corrected chi connectivity index (χ4v) is 2.44. The van der Waals surface area contributed by atoms with Gasteiger partial charge in [-0.2, -0.15) is 0 Å². The number of hydrogen-bond acceptors (Lipinski definition) is 3. The zero-order valence-corrected chi connectivity index (χ0v) is 12.5. The van der Waals surface area contributed by atoms with Gasteiger partial charge in [0.1, 0.15) is 0 Å². The van der Waals surface area contributed by atoms with Crippen LogP contribution in [0.5, 0.6) is 0 Å². The van der Waals surface area contributed by atoms with Crippen LogP contribution in [0.1, 0.15) is 38.4 Å². The topological polar surface area (TPSA) is 28.2 Å². The van der Waals surface area contributed by atoms with E-state index in [0.717, 1.165) is 31.7 Å². The Bertz CT molecular complexity index is 463. The predicted octanol–water partition coefficient (Wildman–Crippen LogP) is 3.04. The second-order valence-corrected chi connectivity index (χ2v) is 5.75. The lowest BCUT2D eigenvalue weighted by Crippen LogP contribution is -2.31. The largest absolute Gasteiger partial charge is 0.367 e. The van der Waals surface area contributed by atoms with Gasteiger partial charge in [-0.15, -0.1) is 0 Å². The van der Waals surface area contributed by atoms with Crippen LogP contribution in [0.4, 0.5) is 5.69 Å². The highest BCUT2D eigenvalue weighted by atomic mass is 15.1. The maximum Gasteiger partial charge on any atom is 0.0448 e. The van der Waals surface area contributed by atoms with Gasteiger partial charge in [0.15, 0.2) is 0 Å². The Hall–Kier alpha value is -1.35. The number of hydrogen-bond donors (Lipinski definition) is 1. The Morgan fingerprint density at radius 3 is 2.84 bits per heavy atom. The van der Waals surface area contributed by atoms with Crippen molar-refractivity contribution < 1.29 is 0 Å². The molecule has 0 fully saturated rings. The molecule has 0 atom stereocenters. The van der Waals surface area contributed by atoms with Crippen molar-refractivity contribution in [2.75, 3.05) is 18.0 Å². The molecule has 0 bridgehead atoms. The van der Waals surface area contributed by atoms with Crippen molar-refractivity contribution in [3.05, 3.63) is 35.2 Å². The normalized spacial score (nSPS) is 15.8. The van der Waals surface area contributed by atoms with Crippen LogP contribution in [0.15, 0.2) is 23.9 Å². The number of nitrogens with one attached hydrogen (secondary N) is 1. The Kier molecular flexibility index (Phi) is 4.59. The van der Waals surface area contributed by atoms with Gasteiger partial charge < -0.3 is 10.2 Å².